The Morgan fingerprint density at radius 2 is 2.25 bits per heavy atom. The van der Waals surface area contributed by atoms with E-state index in [1.54, 1.807) is 7.11 Å². The highest BCUT2D eigenvalue weighted by atomic mass is 35.5. The Morgan fingerprint density at radius 3 is 3.00 bits per heavy atom. The van der Waals surface area contributed by atoms with Crippen LogP contribution in [0, 0.1) is 0 Å². The number of methoxy groups -OCH3 is 1. The molecular formula is C17H16ClNO. The smallest absolute Gasteiger partial charge is 0.217 e. The molecule has 0 amide bonds. The van der Waals surface area contributed by atoms with Gasteiger partial charge in [-0.15, -0.1) is 0 Å². The van der Waals surface area contributed by atoms with Crippen molar-refractivity contribution in [3.05, 3.63) is 58.7 Å². The molecule has 0 saturated carbocycles. The summed E-state index contributed by atoms with van der Waals surface area (Å²) in [4.78, 5) is 4.56. The molecule has 1 aromatic heterocycles. The molecule has 0 radical (unpaired) electrons. The number of hydrogen-bond acceptors (Lipinski definition) is 2. The van der Waals surface area contributed by atoms with Crippen molar-refractivity contribution < 1.29 is 4.74 Å². The first kappa shape index (κ1) is 13.2. The Kier molecular flexibility index (Phi) is 3.75. The minimum Gasteiger partial charge on any atom is -0.481 e. The van der Waals surface area contributed by atoms with E-state index in [0.29, 0.717) is 10.9 Å². The van der Waals surface area contributed by atoms with Crippen LogP contribution in [0.4, 0.5) is 0 Å². The third-order valence-corrected chi connectivity index (χ3v) is 3.85. The molecular weight excluding hydrogens is 270 g/mol. The highest BCUT2D eigenvalue weighted by molar-refractivity contribution is 6.35. The largest absolute Gasteiger partial charge is 0.481 e. The molecule has 2 aromatic rings. The van der Waals surface area contributed by atoms with E-state index in [1.165, 1.54) is 5.57 Å². The molecule has 1 aliphatic carbocycles. The molecule has 0 bridgehead atoms. The Morgan fingerprint density at radius 1 is 1.35 bits per heavy atom. The van der Waals surface area contributed by atoms with Gasteiger partial charge in [0.1, 0.15) is 0 Å². The number of fused-ring (bicyclic) bond motifs is 1. The molecule has 0 unspecified atom stereocenters. The predicted octanol–water partition coefficient (Wildman–Crippen LogP) is 4.72. The van der Waals surface area contributed by atoms with Crippen molar-refractivity contribution in [2.24, 2.45) is 0 Å². The first-order valence-corrected chi connectivity index (χ1v) is 7.12. The van der Waals surface area contributed by atoms with Crippen molar-refractivity contribution in [3.63, 3.8) is 0 Å². The summed E-state index contributed by atoms with van der Waals surface area (Å²) in [6.07, 6.45) is 9.60. The van der Waals surface area contributed by atoms with Crippen LogP contribution in [-0.4, -0.2) is 12.1 Å². The van der Waals surface area contributed by atoms with E-state index in [2.05, 4.69) is 29.3 Å². The standard InChI is InChI=1S/C17H16ClNO/c1-20-17-14(10-12-6-3-2-4-7-12)11-13-8-5-9-15(18)16(13)19-17/h2-3,5-6,8-9,11H,4,7,10H2,1H3. The summed E-state index contributed by atoms with van der Waals surface area (Å²) in [5.74, 6) is 0.668. The minimum absolute atomic E-state index is 0.659. The van der Waals surface area contributed by atoms with Crippen molar-refractivity contribution in [2.75, 3.05) is 7.11 Å². The topological polar surface area (TPSA) is 22.1 Å². The van der Waals surface area contributed by atoms with E-state index >= 15 is 0 Å². The monoisotopic (exact) mass is 285 g/mol. The lowest BCUT2D eigenvalue weighted by molar-refractivity contribution is 0.395. The first-order valence-electron chi connectivity index (χ1n) is 6.74. The van der Waals surface area contributed by atoms with Crippen molar-refractivity contribution in [1.82, 2.24) is 4.98 Å². The van der Waals surface area contributed by atoms with Crippen LogP contribution in [0.5, 0.6) is 5.88 Å². The number of halogens is 1. The fourth-order valence-electron chi connectivity index (χ4n) is 2.54. The van der Waals surface area contributed by atoms with Gasteiger partial charge >= 0.3 is 0 Å². The molecule has 0 saturated heterocycles. The Labute approximate surface area is 123 Å². The number of para-hydroxylation sites is 1. The van der Waals surface area contributed by atoms with Crippen LogP contribution in [0.2, 0.25) is 5.02 Å². The average Bonchev–Trinajstić information content (AvgIpc) is 2.48. The zero-order valence-corrected chi connectivity index (χ0v) is 12.2. The number of hydrogen-bond donors (Lipinski definition) is 0. The van der Waals surface area contributed by atoms with Crippen LogP contribution >= 0.6 is 11.6 Å². The van der Waals surface area contributed by atoms with Crippen LogP contribution in [0.3, 0.4) is 0 Å². The second-order valence-electron chi connectivity index (χ2n) is 4.94. The maximum absolute atomic E-state index is 6.19. The highest BCUT2D eigenvalue weighted by Gasteiger charge is 2.11. The zero-order valence-electron chi connectivity index (χ0n) is 11.4. The fourth-order valence-corrected chi connectivity index (χ4v) is 2.76. The van der Waals surface area contributed by atoms with Crippen molar-refractivity contribution >= 4 is 22.5 Å². The van der Waals surface area contributed by atoms with Crippen LogP contribution in [0.25, 0.3) is 10.9 Å². The summed E-state index contributed by atoms with van der Waals surface area (Å²) >= 11 is 6.19. The number of ether oxygens (including phenoxy) is 1. The van der Waals surface area contributed by atoms with E-state index in [-0.39, 0.29) is 0 Å². The normalized spacial score (nSPS) is 14.4. The predicted molar refractivity (Wildman–Crippen MR) is 83.5 cm³/mol. The molecule has 0 spiro atoms. The van der Waals surface area contributed by atoms with Gasteiger partial charge in [-0.25, -0.2) is 4.98 Å². The molecule has 102 valence electrons. The molecule has 2 nitrogen and oxygen atoms in total. The second kappa shape index (κ2) is 5.68. The molecule has 1 aliphatic rings. The average molecular weight is 286 g/mol. The van der Waals surface area contributed by atoms with E-state index in [9.17, 15) is 0 Å². The van der Waals surface area contributed by atoms with Gasteiger partial charge in [-0.2, -0.15) is 0 Å². The van der Waals surface area contributed by atoms with E-state index < -0.39 is 0 Å². The van der Waals surface area contributed by atoms with E-state index in [1.807, 2.05) is 18.2 Å². The highest BCUT2D eigenvalue weighted by Crippen LogP contribution is 2.29. The molecule has 20 heavy (non-hydrogen) atoms. The zero-order chi connectivity index (χ0) is 13.9. The summed E-state index contributed by atoms with van der Waals surface area (Å²) < 4.78 is 5.43. The number of benzene rings is 1. The molecule has 3 rings (SSSR count). The van der Waals surface area contributed by atoms with Gasteiger partial charge in [0.05, 0.1) is 17.6 Å². The number of aromatic nitrogens is 1. The Bertz CT molecular complexity index is 703. The fraction of sp³-hybridized carbons (Fsp3) is 0.235. The van der Waals surface area contributed by atoms with Gasteiger partial charge in [0.2, 0.25) is 5.88 Å². The Balaban J connectivity index is 2.05. The SMILES string of the molecule is COc1nc2c(Cl)cccc2cc1CC1=CC=CCC1. The summed E-state index contributed by atoms with van der Waals surface area (Å²) in [6.45, 7) is 0. The van der Waals surface area contributed by atoms with Crippen LogP contribution < -0.4 is 4.74 Å². The van der Waals surface area contributed by atoms with Crippen molar-refractivity contribution in [1.29, 1.82) is 0 Å². The number of pyridine rings is 1. The molecule has 0 N–H and O–H groups in total. The van der Waals surface area contributed by atoms with Gasteiger partial charge in [-0.3, -0.25) is 0 Å². The van der Waals surface area contributed by atoms with Gasteiger partial charge in [-0.05, 0) is 31.4 Å². The number of rotatable bonds is 3. The van der Waals surface area contributed by atoms with E-state index in [4.69, 9.17) is 16.3 Å². The minimum atomic E-state index is 0.659. The molecule has 1 heterocycles. The first-order chi connectivity index (χ1) is 9.78. The molecule has 3 heteroatoms. The number of nitrogens with zero attached hydrogens (tertiary/aromatic N) is 1. The quantitative estimate of drug-likeness (QED) is 0.814. The van der Waals surface area contributed by atoms with E-state index in [0.717, 1.165) is 35.7 Å². The third-order valence-electron chi connectivity index (χ3n) is 3.55. The van der Waals surface area contributed by atoms with Gasteiger partial charge in [-0.1, -0.05) is 47.5 Å². The maximum Gasteiger partial charge on any atom is 0.217 e. The molecule has 0 fully saturated rings. The Hall–Kier alpha value is -1.80. The van der Waals surface area contributed by atoms with Gasteiger partial charge in [0.15, 0.2) is 0 Å². The lowest BCUT2D eigenvalue weighted by Crippen LogP contribution is -1.99. The van der Waals surface area contributed by atoms with Crippen LogP contribution in [0.1, 0.15) is 18.4 Å². The van der Waals surface area contributed by atoms with Crippen molar-refractivity contribution in [2.45, 2.75) is 19.3 Å². The number of allylic oxidation sites excluding steroid dienone is 4. The van der Waals surface area contributed by atoms with Crippen molar-refractivity contribution in [3.8, 4) is 5.88 Å². The van der Waals surface area contributed by atoms with Crippen LogP contribution in [0.15, 0.2) is 48.1 Å². The van der Waals surface area contributed by atoms with Gasteiger partial charge < -0.3 is 4.74 Å². The molecule has 0 aliphatic heterocycles. The molecule has 1 aromatic carbocycles. The summed E-state index contributed by atoms with van der Waals surface area (Å²) in [5.41, 5.74) is 3.32. The van der Waals surface area contributed by atoms with Crippen LogP contribution in [-0.2, 0) is 6.42 Å². The summed E-state index contributed by atoms with van der Waals surface area (Å²) in [5, 5.41) is 1.72. The van der Waals surface area contributed by atoms with Gasteiger partial charge in [0.25, 0.3) is 0 Å². The second-order valence-corrected chi connectivity index (χ2v) is 5.34. The molecule has 0 atom stereocenters. The van der Waals surface area contributed by atoms with Gasteiger partial charge in [0, 0.05) is 10.9 Å². The lowest BCUT2D eigenvalue weighted by Gasteiger charge is -2.13. The third kappa shape index (κ3) is 2.56. The lowest BCUT2D eigenvalue weighted by atomic mass is 9.97. The summed E-state index contributed by atoms with van der Waals surface area (Å²) in [6, 6.07) is 7.97. The maximum atomic E-state index is 6.19. The summed E-state index contributed by atoms with van der Waals surface area (Å²) in [7, 11) is 1.66.